The van der Waals surface area contributed by atoms with E-state index in [0.717, 1.165) is 47.5 Å². The maximum Gasteiger partial charge on any atom is 0.339 e. The molecule has 4 rings (SSSR count). The maximum atomic E-state index is 12.5. The van der Waals surface area contributed by atoms with Crippen molar-refractivity contribution in [2.75, 3.05) is 40.5 Å². The van der Waals surface area contributed by atoms with E-state index in [-0.39, 0.29) is 12.7 Å². The smallest absolute Gasteiger partial charge is 0.339 e. The number of carbonyl (C=O) groups is 1. The second-order valence-corrected chi connectivity index (χ2v) is 7.04. The van der Waals surface area contributed by atoms with Crippen LogP contribution in [-0.2, 0) is 11.3 Å². The highest BCUT2D eigenvalue weighted by Gasteiger charge is 2.19. The molecule has 0 aliphatic carbocycles. The van der Waals surface area contributed by atoms with Crippen LogP contribution in [0.3, 0.4) is 0 Å². The van der Waals surface area contributed by atoms with E-state index in [1.54, 1.807) is 0 Å². The van der Waals surface area contributed by atoms with Crippen molar-refractivity contribution in [1.82, 2.24) is 14.8 Å². The van der Waals surface area contributed by atoms with E-state index in [2.05, 4.69) is 22.0 Å². The molecule has 1 aromatic heterocycles. The molecular weight excluding hydrogens is 354 g/mol. The third-order valence-electron chi connectivity index (χ3n) is 5.03. The molecule has 28 heavy (non-hydrogen) atoms. The second kappa shape index (κ2) is 8.04. The molecule has 0 unspecified atom stereocenters. The number of hydrogen-bond acceptors (Lipinski definition) is 5. The van der Waals surface area contributed by atoms with Crippen molar-refractivity contribution in [3.05, 3.63) is 54.1 Å². The highest BCUT2D eigenvalue weighted by molar-refractivity contribution is 5.96. The summed E-state index contributed by atoms with van der Waals surface area (Å²) in [4.78, 5) is 14.5. The van der Waals surface area contributed by atoms with E-state index in [0.29, 0.717) is 12.2 Å². The molecule has 6 heteroatoms. The van der Waals surface area contributed by atoms with Crippen molar-refractivity contribution in [2.24, 2.45) is 0 Å². The summed E-state index contributed by atoms with van der Waals surface area (Å²) in [5.41, 5.74) is 3.77. The van der Waals surface area contributed by atoms with Crippen LogP contribution in [0.5, 0.6) is 5.75 Å². The first-order valence-electron chi connectivity index (χ1n) is 9.53. The van der Waals surface area contributed by atoms with Gasteiger partial charge in [-0.25, -0.2) is 4.79 Å². The predicted octanol–water partition coefficient (Wildman–Crippen LogP) is 2.97. The number of nitrogens with one attached hydrogen (secondary N) is 1. The largest absolute Gasteiger partial charge is 0.491 e. The summed E-state index contributed by atoms with van der Waals surface area (Å²) in [7, 11) is 3.83. The van der Waals surface area contributed by atoms with E-state index >= 15 is 0 Å². The third-order valence-corrected chi connectivity index (χ3v) is 5.03. The topological polar surface area (TPSA) is 55.7 Å². The number of benzene rings is 2. The lowest BCUT2D eigenvalue weighted by atomic mass is 10.1. The zero-order valence-corrected chi connectivity index (χ0v) is 16.3. The van der Waals surface area contributed by atoms with Gasteiger partial charge >= 0.3 is 5.97 Å². The highest BCUT2D eigenvalue weighted by atomic mass is 16.5. The minimum Gasteiger partial charge on any atom is -0.491 e. The normalized spacial score (nSPS) is 13.0. The first kappa shape index (κ1) is 18.5. The van der Waals surface area contributed by atoms with Gasteiger partial charge in [0.2, 0.25) is 0 Å². The Hall–Kier alpha value is -2.83. The number of aromatic nitrogens is 1. The molecule has 6 nitrogen and oxygen atoms in total. The fourth-order valence-electron chi connectivity index (χ4n) is 3.52. The van der Waals surface area contributed by atoms with Gasteiger partial charge in [-0.3, -0.25) is 4.90 Å². The quantitative estimate of drug-likeness (QED) is 0.527. The second-order valence-electron chi connectivity index (χ2n) is 7.04. The molecule has 1 aliphatic heterocycles. The van der Waals surface area contributed by atoms with Crippen LogP contribution in [0, 0.1) is 0 Å². The Kier molecular flexibility index (Phi) is 5.32. The number of likely N-dealkylation sites (N-methyl/N-ethyl adjacent to an activating group) is 2. The summed E-state index contributed by atoms with van der Waals surface area (Å²) >= 11 is 0. The van der Waals surface area contributed by atoms with Gasteiger partial charge in [-0.15, -0.1) is 0 Å². The first-order valence-corrected chi connectivity index (χ1v) is 9.53. The van der Waals surface area contributed by atoms with E-state index in [1.807, 2.05) is 55.4 Å². The summed E-state index contributed by atoms with van der Waals surface area (Å²) in [6.45, 7) is 3.26. The number of esters is 1. The van der Waals surface area contributed by atoms with Crippen molar-refractivity contribution in [2.45, 2.75) is 6.54 Å². The van der Waals surface area contributed by atoms with Crippen LogP contribution >= 0.6 is 0 Å². The molecule has 1 N–H and O–H groups in total. The lowest BCUT2D eigenvalue weighted by Crippen LogP contribution is -2.30. The van der Waals surface area contributed by atoms with Crippen molar-refractivity contribution in [1.29, 1.82) is 0 Å². The van der Waals surface area contributed by atoms with Gasteiger partial charge in [0, 0.05) is 29.6 Å². The fourth-order valence-corrected chi connectivity index (χ4v) is 3.52. The van der Waals surface area contributed by atoms with E-state index < -0.39 is 0 Å². The van der Waals surface area contributed by atoms with Crippen LogP contribution in [-0.4, -0.2) is 56.0 Å². The SMILES string of the molecule is CNCCN(C)COC(=O)c1ccc2cc3n(c2c1)CCOc1ccccc1-3. The van der Waals surface area contributed by atoms with Crippen LogP contribution in [0.2, 0.25) is 0 Å². The number of rotatable bonds is 6. The van der Waals surface area contributed by atoms with Crippen LogP contribution in [0.15, 0.2) is 48.5 Å². The van der Waals surface area contributed by atoms with Gasteiger partial charge in [0.15, 0.2) is 0 Å². The fraction of sp³-hybridized carbons (Fsp3) is 0.318. The molecule has 0 amide bonds. The van der Waals surface area contributed by atoms with Gasteiger partial charge in [0.1, 0.15) is 19.1 Å². The van der Waals surface area contributed by atoms with Gasteiger partial charge in [-0.05, 0) is 44.4 Å². The van der Waals surface area contributed by atoms with Gasteiger partial charge < -0.3 is 19.4 Å². The molecule has 0 spiro atoms. The van der Waals surface area contributed by atoms with Crippen molar-refractivity contribution in [3.8, 4) is 17.0 Å². The Bertz CT molecular complexity index is 996. The minimum atomic E-state index is -0.306. The summed E-state index contributed by atoms with van der Waals surface area (Å²) < 4.78 is 13.6. The summed E-state index contributed by atoms with van der Waals surface area (Å²) in [6, 6.07) is 16.0. The number of para-hydroxylation sites is 1. The van der Waals surface area contributed by atoms with E-state index in [9.17, 15) is 4.79 Å². The van der Waals surface area contributed by atoms with Gasteiger partial charge in [-0.2, -0.15) is 0 Å². The van der Waals surface area contributed by atoms with Gasteiger partial charge in [0.25, 0.3) is 0 Å². The number of fused-ring (bicyclic) bond motifs is 5. The summed E-state index contributed by atoms with van der Waals surface area (Å²) in [5.74, 6) is 0.590. The molecule has 0 radical (unpaired) electrons. The summed E-state index contributed by atoms with van der Waals surface area (Å²) in [6.07, 6.45) is 0. The van der Waals surface area contributed by atoms with Crippen LogP contribution in [0.25, 0.3) is 22.2 Å². The molecule has 2 heterocycles. The molecule has 146 valence electrons. The molecule has 1 aliphatic rings. The Morgan fingerprint density at radius 1 is 1.25 bits per heavy atom. The molecule has 3 aromatic rings. The van der Waals surface area contributed by atoms with Crippen LogP contribution in [0.4, 0.5) is 0 Å². The summed E-state index contributed by atoms with van der Waals surface area (Å²) in [5, 5.41) is 4.19. The van der Waals surface area contributed by atoms with Crippen LogP contribution < -0.4 is 10.1 Å². The maximum absolute atomic E-state index is 12.5. The van der Waals surface area contributed by atoms with Gasteiger partial charge in [-0.1, -0.05) is 18.2 Å². The molecule has 0 bridgehead atoms. The number of nitrogens with zero attached hydrogens (tertiary/aromatic N) is 2. The zero-order valence-electron chi connectivity index (χ0n) is 16.3. The number of hydrogen-bond donors (Lipinski definition) is 1. The Labute approximate surface area is 164 Å². The Morgan fingerprint density at radius 3 is 2.96 bits per heavy atom. The third kappa shape index (κ3) is 3.61. The van der Waals surface area contributed by atoms with Crippen molar-refractivity contribution < 1.29 is 14.3 Å². The van der Waals surface area contributed by atoms with Gasteiger partial charge in [0.05, 0.1) is 17.8 Å². The molecule has 0 fully saturated rings. The zero-order chi connectivity index (χ0) is 19.5. The Morgan fingerprint density at radius 2 is 2.11 bits per heavy atom. The van der Waals surface area contributed by atoms with Crippen molar-refractivity contribution in [3.63, 3.8) is 0 Å². The van der Waals surface area contributed by atoms with E-state index in [4.69, 9.17) is 9.47 Å². The molecule has 0 atom stereocenters. The van der Waals surface area contributed by atoms with Crippen molar-refractivity contribution >= 4 is 16.9 Å². The highest BCUT2D eigenvalue weighted by Crippen LogP contribution is 2.36. The monoisotopic (exact) mass is 379 g/mol. The minimum absolute atomic E-state index is 0.270. The Balaban J connectivity index is 1.60. The standard InChI is InChI=1S/C22H25N3O3/c1-23-9-10-24(2)15-28-22(26)17-8-7-16-13-20-18-5-3-4-6-21(18)27-12-11-25(20)19(16)14-17/h3-8,13-14,23H,9-12,15H2,1-2H3. The average molecular weight is 379 g/mol. The lowest BCUT2D eigenvalue weighted by molar-refractivity contribution is 0.0277. The molecule has 0 saturated heterocycles. The average Bonchev–Trinajstić information content (AvgIpc) is 2.98. The van der Waals surface area contributed by atoms with Crippen LogP contribution in [0.1, 0.15) is 10.4 Å². The molecular formula is C22H25N3O3. The molecule has 2 aromatic carbocycles. The number of carbonyl (C=O) groups excluding carboxylic acids is 1. The number of ether oxygens (including phenoxy) is 2. The first-order chi connectivity index (χ1) is 13.7. The lowest BCUT2D eigenvalue weighted by Gasteiger charge is -2.16. The molecule has 0 saturated carbocycles. The predicted molar refractivity (Wildman–Crippen MR) is 110 cm³/mol. The van der Waals surface area contributed by atoms with E-state index in [1.165, 1.54) is 0 Å².